The minimum absolute atomic E-state index is 0.113. The molecule has 12 heavy (non-hydrogen) atoms. The first-order chi connectivity index (χ1) is 5.81. The zero-order valence-electron chi connectivity index (χ0n) is 7.03. The summed E-state index contributed by atoms with van der Waals surface area (Å²) in [7, 11) is 0. The monoisotopic (exact) mass is 168 g/mol. The van der Waals surface area contributed by atoms with Crippen LogP contribution in [0, 0.1) is 0 Å². The van der Waals surface area contributed by atoms with E-state index >= 15 is 0 Å². The second-order valence-electron chi connectivity index (χ2n) is 2.10. The van der Waals surface area contributed by atoms with Crippen LogP contribution in [0.4, 0.5) is 0 Å². The predicted molar refractivity (Wildman–Crippen MR) is 46.5 cm³/mol. The third-order valence-electron chi connectivity index (χ3n) is 1.12. The standard InChI is InChI=1S/C7H12N4O/c1-2-4-7(12)9-5-3-6-10-11-8/h2,4H,3,5-6H2,1H3,(H,9,12)/b4-2+. The lowest BCUT2D eigenvalue weighted by atomic mass is 10.4. The molecule has 5 nitrogen and oxygen atoms in total. The summed E-state index contributed by atoms with van der Waals surface area (Å²) in [4.78, 5) is 13.4. The number of azide groups is 1. The van der Waals surface area contributed by atoms with E-state index in [2.05, 4.69) is 15.3 Å². The highest BCUT2D eigenvalue weighted by atomic mass is 16.1. The number of nitrogens with zero attached hydrogens (tertiary/aromatic N) is 3. The second-order valence-corrected chi connectivity index (χ2v) is 2.10. The maximum absolute atomic E-state index is 10.8. The molecule has 0 rings (SSSR count). The maximum Gasteiger partial charge on any atom is 0.243 e. The average Bonchev–Trinajstić information content (AvgIpc) is 2.05. The minimum Gasteiger partial charge on any atom is -0.353 e. The van der Waals surface area contributed by atoms with Gasteiger partial charge in [-0.25, -0.2) is 0 Å². The van der Waals surface area contributed by atoms with Crippen molar-refractivity contribution in [3.63, 3.8) is 0 Å². The van der Waals surface area contributed by atoms with E-state index in [1.807, 2.05) is 0 Å². The van der Waals surface area contributed by atoms with Gasteiger partial charge in [0, 0.05) is 18.0 Å². The maximum atomic E-state index is 10.8. The van der Waals surface area contributed by atoms with Gasteiger partial charge in [0.1, 0.15) is 0 Å². The summed E-state index contributed by atoms with van der Waals surface area (Å²) in [5.74, 6) is -0.113. The summed E-state index contributed by atoms with van der Waals surface area (Å²) in [6, 6.07) is 0. The number of allylic oxidation sites excluding steroid dienone is 1. The number of hydrogen-bond acceptors (Lipinski definition) is 2. The molecule has 0 fully saturated rings. The Morgan fingerprint density at radius 2 is 2.50 bits per heavy atom. The molecule has 0 saturated carbocycles. The Hall–Kier alpha value is -1.48. The summed E-state index contributed by atoms with van der Waals surface area (Å²) >= 11 is 0. The molecular formula is C7H12N4O. The Bertz CT molecular complexity index is 205. The fraction of sp³-hybridized carbons (Fsp3) is 0.571. The van der Waals surface area contributed by atoms with E-state index in [-0.39, 0.29) is 5.91 Å². The third kappa shape index (κ3) is 6.64. The first-order valence-corrected chi connectivity index (χ1v) is 3.72. The van der Waals surface area contributed by atoms with Crippen molar-refractivity contribution in [1.29, 1.82) is 0 Å². The molecule has 0 aromatic heterocycles. The molecule has 0 atom stereocenters. The topological polar surface area (TPSA) is 77.9 Å². The van der Waals surface area contributed by atoms with E-state index < -0.39 is 0 Å². The van der Waals surface area contributed by atoms with E-state index in [1.165, 1.54) is 6.08 Å². The average molecular weight is 168 g/mol. The molecule has 0 aliphatic carbocycles. The zero-order valence-corrected chi connectivity index (χ0v) is 7.03. The molecule has 0 unspecified atom stereocenters. The van der Waals surface area contributed by atoms with Gasteiger partial charge >= 0.3 is 0 Å². The van der Waals surface area contributed by atoms with Crippen LogP contribution in [0.25, 0.3) is 10.4 Å². The molecule has 0 heterocycles. The van der Waals surface area contributed by atoms with Crippen molar-refractivity contribution < 1.29 is 4.79 Å². The van der Waals surface area contributed by atoms with Crippen LogP contribution in [0.1, 0.15) is 13.3 Å². The molecule has 0 radical (unpaired) electrons. The van der Waals surface area contributed by atoms with E-state index in [0.717, 1.165) is 0 Å². The molecule has 66 valence electrons. The molecule has 0 spiro atoms. The van der Waals surface area contributed by atoms with Gasteiger partial charge in [0.25, 0.3) is 0 Å². The SMILES string of the molecule is C/C=C/C(=O)NCCCN=[N+]=[N-]. The molecule has 0 aliphatic rings. The van der Waals surface area contributed by atoms with Crippen LogP contribution < -0.4 is 5.32 Å². The second kappa shape index (κ2) is 7.63. The normalized spacial score (nSPS) is 9.42. The quantitative estimate of drug-likeness (QED) is 0.217. The van der Waals surface area contributed by atoms with Crippen molar-refractivity contribution in [2.24, 2.45) is 5.11 Å². The Morgan fingerprint density at radius 3 is 3.08 bits per heavy atom. The van der Waals surface area contributed by atoms with Crippen LogP contribution in [0.15, 0.2) is 17.3 Å². The molecule has 0 bridgehead atoms. The van der Waals surface area contributed by atoms with Gasteiger partial charge in [-0.15, -0.1) is 0 Å². The summed E-state index contributed by atoms with van der Waals surface area (Å²) in [6.45, 7) is 2.74. The number of hydrogen-bond donors (Lipinski definition) is 1. The van der Waals surface area contributed by atoms with Crippen molar-refractivity contribution in [3.8, 4) is 0 Å². The van der Waals surface area contributed by atoms with Crippen molar-refractivity contribution >= 4 is 5.91 Å². The first-order valence-electron chi connectivity index (χ1n) is 3.72. The summed E-state index contributed by atoms with van der Waals surface area (Å²) in [5.41, 5.74) is 7.92. The molecule has 0 aromatic carbocycles. The lowest BCUT2D eigenvalue weighted by Crippen LogP contribution is -2.22. The fourth-order valence-corrected chi connectivity index (χ4v) is 0.616. The number of nitrogens with one attached hydrogen (secondary N) is 1. The smallest absolute Gasteiger partial charge is 0.243 e. The molecular weight excluding hydrogens is 156 g/mol. The molecule has 0 saturated heterocycles. The zero-order chi connectivity index (χ0) is 9.23. The van der Waals surface area contributed by atoms with E-state index in [0.29, 0.717) is 19.5 Å². The van der Waals surface area contributed by atoms with Crippen molar-refractivity contribution in [2.75, 3.05) is 13.1 Å². The predicted octanol–water partition coefficient (Wildman–Crippen LogP) is 1.38. The Balaban J connectivity index is 3.31. The van der Waals surface area contributed by atoms with E-state index in [9.17, 15) is 4.79 Å². The molecule has 1 amide bonds. The Labute approximate surface area is 71.1 Å². The van der Waals surface area contributed by atoms with Crippen molar-refractivity contribution in [2.45, 2.75) is 13.3 Å². The van der Waals surface area contributed by atoms with Gasteiger partial charge in [0.15, 0.2) is 0 Å². The number of carbonyl (C=O) groups is 1. The van der Waals surface area contributed by atoms with Crippen LogP contribution >= 0.6 is 0 Å². The van der Waals surface area contributed by atoms with Gasteiger partial charge in [-0.05, 0) is 25.0 Å². The summed E-state index contributed by atoms with van der Waals surface area (Å²) in [5, 5.41) is 5.96. The summed E-state index contributed by atoms with van der Waals surface area (Å²) in [6.07, 6.45) is 3.80. The van der Waals surface area contributed by atoms with Gasteiger partial charge in [0.05, 0.1) is 0 Å². The number of rotatable bonds is 5. The van der Waals surface area contributed by atoms with E-state index in [4.69, 9.17) is 5.53 Å². The van der Waals surface area contributed by atoms with Gasteiger partial charge in [0.2, 0.25) is 5.91 Å². The molecule has 0 aliphatic heterocycles. The lowest BCUT2D eigenvalue weighted by molar-refractivity contribution is -0.116. The van der Waals surface area contributed by atoms with Crippen LogP contribution in [0.5, 0.6) is 0 Å². The van der Waals surface area contributed by atoms with E-state index in [1.54, 1.807) is 13.0 Å². The Morgan fingerprint density at radius 1 is 1.75 bits per heavy atom. The van der Waals surface area contributed by atoms with Crippen LogP contribution in [0.2, 0.25) is 0 Å². The van der Waals surface area contributed by atoms with Crippen molar-refractivity contribution in [3.05, 3.63) is 22.6 Å². The van der Waals surface area contributed by atoms with Crippen molar-refractivity contribution in [1.82, 2.24) is 5.32 Å². The number of amides is 1. The largest absolute Gasteiger partial charge is 0.353 e. The third-order valence-corrected chi connectivity index (χ3v) is 1.12. The lowest BCUT2D eigenvalue weighted by Gasteiger charge is -1.97. The highest BCUT2D eigenvalue weighted by Crippen LogP contribution is 1.80. The fourth-order valence-electron chi connectivity index (χ4n) is 0.616. The molecule has 0 aromatic rings. The van der Waals surface area contributed by atoms with Crippen LogP contribution in [-0.4, -0.2) is 19.0 Å². The van der Waals surface area contributed by atoms with Gasteiger partial charge in [-0.2, -0.15) is 0 Å². The molecule has 5 heteroatoms. The minimum atomic E-state index is -0.113. The highest BCUT2D eigenvalue weighted by molar-refractivity contribution is 5.87. The number of carbonyl (C=O) groups excluding carboxylic acids is 1. The highest BCUT2D eigenvalue weighted by Gasteiger charge is 1.91. The Kier molecular flexibility index (Phi) is 6.68. The molecule has 1 N–H and O–H groups in total. The van der Waals surface area contributed by atoms with Gasteiger partial charge in [-0.3, -0.25) is 4.79 Å². The first kappa shape index (κ1) is 10.5. The summed E-state index contributed by atoms with van der Waals surface area (Å²) < 4.78 is 0. The van der Waals surface area contributed by atoms with Gasteiger partial charge in [-0.1, -0.05) is 11.2 Å². The van der Waals surface area contributed by atoms with Gasteiger partial charge < -0.3 is 5.32 Å². The van der Waals surface area contributed by atoms with Crippen LogP contribution in [-0.2, 0) is 4.79 Å². The van der Waals surface area contributed by atoms with Crippen LogP contribution in [0.3, 0.4) is 0 Å².